The van der Waals surface area contributed by atoms with Crippen molar-refractivity contribution < 1.29 is 4.74 Å². The van der Waals surface area contributed by atoms with Crippen LogP contribution in [0.3, 0.4) is 0 Å². The SMILES string of the molecule is CCNC(=NCc1ccccc1COCC)NC1CN(C(C)C)CC1C.I. The highest BCUT2D eigenvalue weighted by atomic mass is 127. The standard InChI is InChI=1S/C21H36N4O.HI/c1-6-22-21(24-20-14-25(16(3)4)13-17(20)5)23-12-18-10-8-9-11-19(18)15-26-7-2;/h8-11,16-17,20H,6-7,12-15H2,1-5H3,(H2,22,23,24);1H. The number of guanidine groups is 1. The van der Waals surface area contributed by atoms with Gasteiger partial charge >= 0.3 is 0 Å². The number of benzene rings is 1. The number of halogens is 1. The van der Waals surface area contributed by atoms with Gasteiger partial charge in [0.05, 0.1) is 13.2 Å². The molecule has 2 atom stereocenters. The van der Waals surface area contributed by atoms with Crippen molar-refractivity contribution >= 4 is 29.9 Å². The molecule has 2 rings (SSSR count). The van der Waals surface area contributed by atoms with Crippen LogP contribution in [0.15, 0.2) is 29.3 Å². The number of rotatable bonds is 8. The second-order valence-electron chi connectivity index (χ2n) is 7.38. The van der Waals surface area contributed by atoms with Crippen LogP contribution in [0, 0.1) is 5.92 Å². The Morgan fingerprint density at radius 1 is 1.22 bits per heavy atom. The summed E-state index contributed by atoms with van der Waals surface area (Å²) in [6, 6.07) is 9.43. The van der Waals surface area contributed by atoms with Crippen molar-refractivity contribution in [1.82, 2.24) is 15.5 Å². The van der Waals surface area contributed by atoms with Gasteiger partial charge in [-0.15, -0.1) is 24.0 Å². The van der Waals surface area contributed by atoms with E-state index in [1.807, 2.05) is 6.92 Å². The van der Waals surface area contributed by atoms with Gasteiger partial charge in [0, 0.05) is 38.3 Å². The molecule has 2 N–H and O–H groups in total. The minimum Gasteiger partial charge on any atom is -0.377 e. The Labute approximate surface area is 182 Å². The van der Waals surface area contributed by atoms with E-state index in [-0.39, 0.29) is 24.0 Å². The molecule has 0 radical (unpaired) electrons. The van der Waals surface area contributed by atoms with Gasteiger partial charge in [0.1, 0.15) is 0 Å². The number of ether oxygens (including phenoxy) is 1. The molecule has 1 aliphatic heterocycles. The predicted molar refractivity (Wildman–Crippen MR) is 125 cm³/mol. The summed E-state index contributed by atoms with van der Waals surface area (Å²) in [6.45, 7) is 16.1. The molecule has 1 heterocycles. The third-order valence-corrected chi connectivity index (χ3v) is 5.02. The molecule has 154 valence electrons. The van der Waals surface area contributed by atoms with E-state index in [0.717, 1.165) is 32.2 Å². The first kappa shape index (κ1) is 24.2. The van der Waals surface area contributed by atoms with E-state index in [0.29, 0.717) is 31.2 Å². The number of hydrogen-bond donors (Lipinski definition) is 2. The van der Waals surface area contributed by atoms with Crippen molar-refractivity contribution in [2.75, 3.05) is 26.2 Å². The van der Waals surface area contributed by atoms with Gasteiger partial charge < -0.3 is 15.4 Å². The quantitative estimate of drug-likeness (QED) is 0.334. The summed E-state index contributed by atoms with van der Waals surface area (Å²) in [5, 5.41) is 7.05. The Morgan fingerprint density at radius 2 is 1.93 bits per heavy atom. The van der Waals surface area contributed by atoms with Gasteiger partial charge in [-0.3, -0.25) is 4.90 Å². The highest BCUT2D eigenvalue weighted by molar-refractivity contribution is 14.0. The zero-order chi connectivity index (χ0) is 18.9. The van der Waals surface area contributed by atoms with Gasteiger partial charge in [-0.2, -0.15) is 0 Å². The average Bonchev–Trinajstić information content (AvgIpc) is 2.99. The molecule has 6 heteroatoms. The van der Waals surface area contributed by atoms with E-state index in [1.54, 1.807) is 0 Å². The third-order valence-electron chi connectivity index (χ3n) is 5.02. The van der Waals surface area contributed by atoms with Crippen molar-refractivity contribution in [3.8, 4) is 0 Å². The van der Waals surface area contributed by atoms with Crippen LogP contribution < -0.4 is 10.6 Å². The Morgan fingerprint density at radius 3 is 2.52 bits per heavy atom. The van der Waals surface area contributed by atoms with Crippen LogP contribution in [0.5, 0.6) is 0 Å². The van der Waals surface area contributed by atoms with Gasteiger partial charge in [0.25, 0.3) is 0 Å². The van der Waals surface area contributed by atoms with Gasteiger partial charge in [-0.1, -0.05) is 31.2 Å². The van der Waals surface area contributed by atoms with Crippen LogP contribution in [0.25, 0.3) is 0 Å². The Balaban J connectivity index is 0.00000364. The lowest BCUT2D eigenvalue weighted by Crippen LogP contribution is -2.46. The summed E-state index contributed by atoms with van der Waals surface area (Å²) in [5.41, 5.74) is 2.44. The van der Waals surface area contributed by atoms with Crippen LogP contribution in [0.2, 0.25) is 0 Å². The first-order valence-corrected chi connectivity index (χ1v) is 9.98. The van der Waals surface area contributed by atoms with E-state index in [9.17, 15) is 0 Å². The van der Waals surface area contributed by atoms with Gasteiger partial charge in [-0.05, 0) is 44.7 Å². The Hall–Kier alpha value is -0.860. The van der Waals surface area contributed by atoms with Gasteiger partial charge in [-0.25, -0.2) is 4.99 Å². The fourth-order valence-corrected chi connectivity index (χ4v) is 3.34. The maximum absolute atomic E-state index is 5.59. The molecule has 0 saturated carbocycles. The fraction of sp³-hybridized carbons (Fsp3) is 0.667. The molecule has 1 aromatic carbocycles. The van der Waals surface area contributed by atoms with Crippen LogP contribution >= 0.6 is 24.0 Å². The molecule has 5 nitrogen and oxygen atoms in total. The summed E-state index contributed by atoms with van der Waals surface area (Å²) in [6.07, 6.45) is 0. The molecule has 0 spiro atoms. The maximum Gasteiger partial charge on any atom is 0.191 e. The monoisotopic (exact) mass is 488 g/mol. The van der Waals surface area contributed by atoms with Crippen molar-refractivity contribution in [3.63, 3.8) is 0 Å². The molecule has 1 fully saturated rings. The molecule has 0 aliphatic carbocycles. The summed E-state index contributed by atoms with van der Waals surface area (Å²) in [4.78, 5) is 7.37. The van der Waals surface area contributed by atoms with Gasteiger partial charge in [0.15, 0.2) is 5.96 Å². The molecule has 27 heavy (non-hydrogen) atoms. The smallest absolute Gasteiger partial charge is 0.191 e. The highest BCUT2D eigenvalue weighted by Crippen LogP contribution is 2.18. The number of nitrogens with one attached hydrogen (secondary N) is 2. The summed E-state index contributed by atoms with van der Waals surface area (Å²) >= 11 is 0. The first-order valence-electron chi connectivity index (χ1n) is 9.98. The summed E-state index contributed by atoms with van der Waals surface area (Å²) in [5.74, 6) is 1.52. The molecule has 0 aromatic heterocycles. The summed E-state index contributed by atoms with van der Waals surface area (Å²) in [7, 11) is 0. The molecule has 1 aliphatic rings. The molecule has 0 bridgehead atoms. The lowest BCUT2D eigenvalue weighted by atomic mass is 10.1. The van der Waals surface area contributed by atoms with Crippen molar-refractivity contribution in [3.05, 3.63) is 35.4 Å². The van der Waals surface area contributed by atoms with Crippen molar-refractivity contribution in [1.29, 1.82) is 0 Å². The molecule has 2 unspecified atom stereocenters. The van der Waals surface area contributed by atoms with Crippen molar-refractivity contribution in [2.24, 2.45) is 10.9 Å². The summed E-state index contributed by atoms with van der Waals surface area (Å²) < 4.78 is 5.59. The zero-order valence-corrected chi connectivity index (χ0v) is 19.8. The Kier molecular flexibility index (Phi) is 11.3. The average molecular weight is 488 g/mol. The largest absolute Gasteiger partial charge is 0.377 e. The van der Waals surface area contributed by atoms with E-state index >= 15 is 0 Å². The zero-order valence-electron chi connectivity index (χ0n) is 17.5. The van der Waals surface area contributed by atoms with E-state index in [1.165, 1.54) is 11.1 Å². The second kappa shape index (κ2) is 12.6. The van der Waals surface area contributed by atoms with Crippen molar-refractivity contribution in [2.45, 2.75) is 59.9 Å². The molecule has 0 amide bonds. The number of likely N-dealkylation sites (tertiary alicyclic amines) is 1. The van der Waals surface area contributed by atoms with E-state index in [2.05, 4.69) is 67.5 Å². The van der Waals surface area contributed by atoms with Crippen LogP contribution in [-0.2, 0) is 17.9 Å². The minimum atomic E-state index is 0. The lowest BCUT2D eigenvalue weighted by Gasteiger charge is -2.22. The molecular formula is C21H37IN4O. The van der Waals surface area contributed by atoms with Crippen LogP contribution in [0.1, 0.15) is 45.7 Å². The number of hydrogen-bond acceptors (Lipinski definition) is 3. The molecule has 1 aromatic rings. The number of aliphatic imine (C=N–C) groups is 1. The third kappa shape index (κ3) is 7.58. The highest BCUT2D eigenvalue weighted by Gasteiger charge is 2.31. The van der Waals surface area contributed by atoms with E-state index < -0.39 is 0 Å². The number of nitrogens with zero attached hydrogens (tertiary/aromatic N) is 2. The normalized spacial score (nSPS) is 20.6. The van der Waals surface area contributed by atoms with E-state index in [4.69, 9.17) is 9.73 Å². The first-order chi connectivity index (χ1) is 12.5. The van der Waals surface area contributed by atoms with Crippen LogP contribution in [-0.4, -0.2) is 49.2 Å². The topological polar surface area (TPSA) is 48.9 Å². The second-order valence-corrected chi connectivity index (χ2v) is 7.38. The fourth-order valence-electron chi connectivity index (χ4n) is 3.34. The molecule has 1 saturated heterocycles. The predicted octanol–water partition coefficient (Wildman–Crippen LogP) is 3.62. The lowest BCUT2D eigenvalue weighted by molar-refractivity contribution is 0.133. The molecular weight excluding hydrogens is 451 g/mol. The van der Waals surface area contributed by atoms with Gasteiger partial charge in [0.2, 0.25) is 0 Å². The van der Waals surface area contributed by atoms with Crippen LogP contribution in [0.4, 0.5) is 0 Å². The Bertz CT molecular complexity index is 579. The minimum absolute atomic E-state index is 0. The maximum atomic E-state index is 5.59.